The van der Waals surface area contributed by atoms with Crippen LogP contribution in [0.2, 0.25) is 0 Å². The third kappa shape index (κ3) is 5.53. The molecular weight excluding hydrogens is 184 g/mol. The lowest BCUT2D eigenvalue weighted by molar-refractivity contribution is 0.213. The van der Waals surface area contributed by atoms with Crippen LogP contribution in [-0.2, 0) is 0 Å². The first kappa shape index (κ1) is 13.0. The van der Waals surface area contributed by atoms with E-state index >= 15 is 0 Å². The van der Waals surface area contributed by atoms with E-state index in [4.69, 9.17) is 0 Å². The Morgan fingerprint density at radius 1 is 1.27 bits per heavy atom. The zero-order chi connectivity index (χ0) is 11.1. The predicted octanol–water partition coefficient (Wildman–Crippen LogP) is 2.50. The highest BCUT2D eigenvalue weighted by atomic mass is 15.2. The normalized spacial score (nSPS) is 24.4. The maximum absolute atomic E-state index is 3.53. The van der Waals surface area contributed by atoms with Gasteiger partial charge in [-0.1, -0.05) is 26.7 Å². The summed E-state index contributed by atoms with van der Waals surface area (Å²) in [5.74, 6) is 0.770. The van der Waals surface area contributed by atoms with Crippen molar-refractivity contribution in [3.05, 3.63) is 0 Å². The molecule has 2 heteroatoms. The quantitative estimate of drug-likeness (QED) is 0.704. The summed E-state index contributed by atoms with van der Waals surface area (Å²) < 4.78 is 0. The van der Waals surface area contributed by atoms with E-state index in [0.29, 0.717) is 0 Å². The fraction of sp³-hybridized carbons (Fsp3) is 1.00. The van der Waals surface area contributed by atoms with Crippen molar-refractivity contribution in [3.8, 4) is 0 Å². The fourth-order valence-corrected chi connectivity index (χ4v) is 2.28. The molecule has 1 heterocycles. The SMILES string of the molecule is CC(C)CNCCN1CCCCCC1C. The number of nitrogens with zero attached hydrogens (tertiary/aromatic N) is 1. The first-order chi connectivity index (χ1) is 7.20. The average Bonchev–Trinajstić information content (AvgIpc) is 2.38. The highest BCUT2D eigenvalue weighted by Crippen LogP contribution is 2.15. The van der Waals surface area contributed by atoms with Crippen molar-refractivity contribution < 1.29 is 0 Å². The van der Waals surface area contributed by atoms with E-state index in [9.17, 15) is 0 Å². The van der Waals surface area contributed by atoms with Crippen LogP contribution in [-0.4, -0.2) is 37.1 Å². The van der Waals surface area contributed by atoms with E-state index < -0.39 is 0 Å². The van der Waals surface area contributed by atoms with Gasteiger partial charge < -0.3 is 5.32 Å². The summed E-state index contributed by atoms with van der Waals surface area (Å²) in [6.07, 6.45) is 5.65. The van der Waals surface area contributed by atoms with Crippen LogP contribution in [0.3, 0.4) is 0 Å². The van der Waals surface area contributed by atoms with Crippen molar-refractivity contribution in [2.75, 3.05) is 26.2 Å². The minimum atomic E-state index is 0.770. The molecule has 1 fully saturated rings. The van der Waals surface area contributed by atoms with E-state index in [1.54, 1.807) is 0 Å². The molecule has 0 bridgehead atoms. The van der Waals surface area contributed by atoms with Gasteiger partial charge in [0.1, 0.15) is 0 Å². The van der Waals surface area contributed by atoms with Crippen molar-refractivity contribution in [2.45, 2.75) is 52.5 Å². The van der Waals surface area contributed by atoms with Gasteiger partial charge in [-0.2, -0.15) is 0 Å². The largest absolute Gasteiger partial charge is 0.315 e. The maximum atomic E-state index is 3.53. The molecule has 0 radical (unpaired) electrons. The lowest BCUT2D eigenvalue weighted by Gasteiger charge is -2.27. The van der Waals surface area contributed by atoms with E-state index in [0.717, 1.165) is 25.0 Å². The second-order valence-electron chi connectivity index (χ2n) is 5.33. The summed E-state index contributed by atoms with van der Waals surface area (Å²) in [5, 5.41) is 3.53. The van der Waals surface area contributed by atoms with Crippen LogP contribution in [0, 0.1) is 5.92 Å². The smallest absolute Gasteiger partial charge is 0.0110 e. The first-order valence-corrected chi connectivity index (χ1v) is 6.65. The number of hydrogen-bond acceptors (Lipinski definition) is 2. The summed E-state index contributed by atoms with van der Waals surface area (Å²) in [5.41, 5.74) is 0. The van der Waals surface area contributed by atoms with Crippen LogP contribution >= 0.6 is 0 Å². The molecule has 2 nitrogen and oxygen atoms in total. The minimum absolute atomic E-state index is 0.770. The van der Waals surface area contributed by atoms with Crippen LogP contribution in [0.1, 0.15) is 46.5 Å². The molecule has 0 amide bonds. The molecule has 15 heavy (non-hydrogen) atoms. The van der Waals surface area contributed by atoms with E-state index in [1.165, 1.54) is 38.8 Å². The van der Waals surface area contributed by atoms with Gasteiger partial charge in [0.25, 0.3) is 0 Å². The molecule has 90 valence electrons. The van der Waals surface area contributed by atoms with Gasteiger partial charge in [-0.15, -0.1) is 0 Å². The molecule has 1 unspecified atom stereocenters. The Labute approximate surface area is 95.4 Å². The van der Waals surface area contributed by atoms with Crippen LogP contribution in [0.15, 0.2) is 0 Å². The molecule has 1 aliphatic rings. The van der Waals surface area contributed by atoms with Gasteiger partial charge in [0, 0.05) is 19.1 Å². The summed E-state index contributed by atoms with van der Waals surface area (Å²) in [6.45, 7) is 11.8. The van der Waals surface area contributed by atoms with Crippen LogP contribution in [0.4, 0.5) is 0 Å². The number of rotatable bonds is 5. The molecule has 0 saturated carbocycles. The molecule has 1 N–H and O–H groups in total. The Kier molecular flexibility index (Phi) is 6.26. The minimum Gasteiger partial charge on any atom is -0.315 e. The highest BCUT2D eigenvalue weighted by Gasteiger charge is 2.15. The van der Waals surface area contributed by atoms with E-state index in [1.807, 2.05) is 0 Å². The maximum Gasteiger partial charge on any atom is 0.0110 e. The lowest BCUT2D eigenvalue weighted by Crippen LogP contribution is -2.38. The van der Waals surface area contributed by atoms with Crippen molar-refractivity contribution in [3.63, 3.8) is 0 Å². The molecule has 1 saturated heterocycles. The van der Waals surface area contributed by atoms with Crippen molar-refractivity contribution >= 4 is 0 Å². The van der Waals surface area contributed by atoms with Gasteiger partial charge in [0.05, 0.1) is 0 Å². The molecule has 1 rings (SSSR count). The van der Waals surface area contributed by atoms with Crippen molar-refractivity contribution in [2.24, 2.45) is 5.92 Å². The highest BCUT2D eigenvalue weighted by molar-refractivity contribution is 4.72. The van der Waals surface area contributed by atoms with E-state index in [2.05, 4.69) is 31.0 Å². The molecule has 0 aromatic rings. The van der Waals surface area contributed by atoms with Crippen molar-refractivity contribution in [1.82, 2.24) is 10.2 Å². The van der Waals surface area contributed by atoms with Gasteiger partial charge in [-0.3, -0.25) is 4.90 Å². The lowest BCUT2D eigenvalue weighted by atomic mass is 10.1. The van der Waals surface area contributed by atoms with Gasteiger partial charge in [0.15, 0.2) is 0 Å². The fourth-order valence-electron chi connectivity index (χ4n) is 2.28. The third-order valence-electron chi connectivity index (χ3n) is 3.32. The first-order valence-electron chi connectivity index (χ1n) is 6.65. The zero-order valence-corrected chi connectivity index (χ0v) is 10.8. The Balaban J connectivity index is 2.12. The number of nitrogens with one attached hydrogen (secondary N) is 1. The Bertz CT molecular complexity index is 157. The second kappa shape index (κ2) is 7.24. The molecule has 0 aliphatic carbocycles. The summed E-state index contributed by atoms with van der Waals surface area (Å²) >= 11 is 0. The molecule has 0 aromatic carbocycles. The zero-order valence-electron chi connectivity index (χ0n) is 10.8. The molecule has 0 aromatic heterocycles. The van der Waals surface area contributed by atoms with Gasteiger partial charge >= 0.3 is 0 Å². The van der Waals surface area contributed by atoms with Crippen LogP contribution in [0.25, 0.3) is 0 Å². The van der Waals surface area contributed by atoms with E-state index in [-0.39, 0.29) is 0 Å². The predicted molar refractivity (Wildman–Crippen MR) is 67.2 cm³/mol. The third-order valence-corrected chi connectivity index (χ3v) is 3.32. The number of likely N-dealkylation sites (tertiary alicyclic amines) is 1. The van der Waals surface area contributed by atoms with Gasteiger partial charge in [-0.25, -0.2) is 0 Å². The van der Waals surface area contributed by atoms with Crippen molar-refractivity contribution in [1.29, 1.82) is 0 Å². The standard InChI is InChI=1S/C13H28N2/c1-12(2)11-14-8-10-15-9-6-4-5-7-13(15)3/h12-14H,4-11H2,1-3H3. The molecule has 1 atom stereocenters. The summed E-state index contributed by atoms with van der Waals surface area (Å²) in [7, 11) is 0. The van der Waals surface area contributed by atoms with Crippen LogP contribution < -0.4 is 5.32 Å². The second-order valence-corrected chi connectivity index (χ2v) is 5.33. The van der Waals surface area contributed by atoms with Gasteiger partial charge in [0.2, 0.25) is 0 Å². The topological polar surface area (TPSA) is 15.3 Å². The van der Waals surface area contributed by atoms with Gasteiger partial charge in [-0.05, 0) is 38.8 Å². The summed E-state index contributed by atoms with van der Waals surface area (Å²) in [6, 6.07) is 0.799. The average molecular weight is 212 g/mol. The molecular formula is C13H28N2. The number of hydrogen-bond donors (Lipinski definition) is 1. The Hall–Kier alpha value is -0.0800. The molecule has 1 aliphatic heterocycles. The molecule has 0 spiro atoms. The summed E-state index contributed by atoms with van der Waals surface area (Å²) in [4.78, 5) is 2.65. The Morgan fingerprint density at radius 3 is 2.80 bits per heavy atom. The van der Waals surface area contributed by atoms with Crippen LogP contribution in [0.5, 0.6) is 0 Å². The Morgan fingerprint density at radius 2 is 2.07 bits per heavy atom. The monoisotopic (exact) mass is 212 g/mol.